The Morgan fingerprint density at radius 2 is 1.80 bits per heavy atom. The van der Waals surface area contributed by atoms with E-state index in [1.807, 2.05) is 12.2 Å². The minimum absolute atomic E-state index is 0.0311. The second-order valence-corrected chi connectivity index (χ2v) is 6.62. The third-order valence-electron chi connectivity index (χ3n) is 5.72. The molecule has 2 fully saturated rings. The minimum Gasteiger partial charge on any atom is -0.328 e. The zero-order chi connectivity index (χ0) is 14.3. The Balaban J connectivity index is 1.96. The normalized spacial score (nSPS) is 41.1. The molecular formula is C16H24N2O2. The number of carbonyl (C=O) groups excluding carboxylic acids is 2. The van der Waals surface area contributed by atoms with Crippen molar-refractivity contribution in [3.63, 3.8) is 0 Å². The Kier molecular flexibility index (Phi) is 3.44. The SMILES string of the molecule is CC1CCCCC1(CN)N1C(=O)[C@H]2CC=CC[C@H]2C1=O. The summed E-state index contributed by atoms with van der Waals surface area (Å²) < 4.78 is 0. The molecule has 4 nitrogen and oxygen atoms in total. The van der Waals surface area contributed by atoms with Gasteiger partial charge in [-0.1, -0.05) is 31.9 Å². The number of allylic oxidation sites excluding steroid dienone is 2. The summed E-state index contributed by atoms with van der Waals surface area (Å²) >= 11 is 0. The van der Waals surface area contributed by atoms with Gasteiger partial charge in [-0.05, 0) is 31.6 Å². The summed E-state index contributed by atoms with van der Waals surface area (Å²) in [4.78, 5) is 27.1. The second kappa shape index (κ2) is 4.99. The van der Waals surface area contributed by atoms with Gasteiger partial charge >= 0.3 is 0 Å². The van der Waals surface area contributed by atoms with Gasteiger partial charge in [0.25, 0.3) is 0 Å². The lowest BCUT2D eigenvalue weighted by Crippen LogP contribution is -2.61. The van der Waals surface area contributed by atoms with Crippen molar-refractivity contribution < 1.29 is 9.59 Å². The number of rotatable bonds is 2. The molecule has 1 heterocycles. The first-order valence-corrected chi connectivity index (χ1v) is 7.85. The van der Waals surface area contributed by atoms with Crippen LogP contribution in [0.3, 0.4) is 0 Å². The van der Waals surface area contributed by atoms with Crippen LogP contribution in [0.4, 0.5) is 0 Å². The van der Waals surface area contributed by atoms with E-state index in [0.29, 0.717) is 25.3 Å². The summed E-state index contributed by atoms with van der Waals surface area (Å²) in [6, 6.07) is 0. The average molecular weight is 276 g/mol. The molecule has 2 N–H and O–H groups in total. The van der Waals surface area contributed by atoms with E-state index in [1.54, 1.807) is 4.90 Å². The molecule has 1 aliphatic heterocycles. The molecule has 20 heavy (non-hydrogen) atoms. The number of hydrogen-bond donors (Lipinski definition) is 1. The van der Waals surface area contributed by atoms with Crippen molar-refractivity contribution in [1.82, 2.24) is 4.90 Å². The maximum absolute atomic E-state index is 12.8. The van der Waals surface area contributed by atoms with Crippen LogP contribution in [-0.4, -0.2) is 28.8 Å². The molecule has 0 aromatic heterocycles. The quantitative estimate of drug-likeness (QED) is 0.618. The molecular weight excluding hydrogens is 252 g/mol. The smallest absolute Gasteiger partial charge is 0.233 e. The van der Waals surface area contributed by atoms with E-state index in [4.69, 9.17) is 5.73 Å². The third-order valence-corrected chi connectivity index (χ3v) is 5.72. The van der Waals surface area contributed by atoms with Crippen molar-refractivity contribution >= 4 is 11.8 Å². The van der Waals surface area contributed by atoms with E-state index in [2.05, 4.69) is 6.92 Å². The van der Waals surface area contributed by atoms with Crippen LogP contribution in [0.2, 0.25) is 0 Å². The van der Waals surface area contributed by atoms with Gasteiger partial charge in [0.2, 0.25) is 11.8 Å². The molecule has 0 bridgehead atoms. The third kappa shape index (κ3) is 1.77. The van der Waals surface area contributed by atoms with Crippen molar-refractivity contribution in [1.29, 1.82) is 0 Å². The summed E-state index contributed by atoms with van der Waals surface area (Å²) in [5, 5.41) is 0. The molecule has 2 amide bonds. The highest BCUT2D eigenvalue weighted by molar-refractivity contribution is 6.06. The largest absolute Gasteiger partial charge is 0.328 e. The Labute approximate surface area is 120 Å². The molecule has 3 rings (SSSR count). The van der Waals surface area contributed by atoms with Crippen LogP contribution in [0.1, 0.15) is 45.4 Å². The monoisotopic (exact) mass is 276 g/mol. The lowest BCUT2D eigenvalue weighted by atomic mass is 9.72. The summed E-state index contributed by atoms with van der Waals surface area (Å²) in [5.74, 6) is 0.101. The van der Waals surface area contributed by atoms with Crippen molar-refractivity contribution in [3.05, 3.63) is 12.2 Å². The molecule has 0 radical (unpaired) electrons. The summed E-state index contributed by atoms with van der Waals surface area (Å²) in [6.07, 6.45) is 9.66. The standard InChI is InChI=1S/C16H24N2O2/c1-11-6-4-5-9-16(11,10-17)18-14(19)12-7-2-3-8-13(12)15(18)20/h2-3,11-13H,4-10,17H2,1H3/t11?,12-,13+,16?. The molecule has 110 valence electrons. The zero-order valence-corrected chi connectivity index (χ0v) is 12.2. The van der Waals surface area contributed by atoms with E-state index in [9.17, 15) is 9.59 Å². The molecule has 2 aliphatic carbocycles. The van der Waals surface area contributed by atoms with E-state index >= 15 is 0 Å². The predicted molar refractivity (Wildman–Crippen MR) is 76.6 cm³/mol. The molecule has 1 saturated heterocycles. The molecule has 4 atom stereocenters. The van der Waals surface area contributed by atoms with Crippen LogP contribution in [0.5, 0.6) is 0 Å². The van der Waals surface area contributed by atoms with Gasteiger partial charge in [-0.15, -0.1) is 0 Å². The van der Waals surface area contributed by atoms with Crippen molar-refractivity contribution in [2.75, 3.05) is 6.54 Å². The highest BCUT2D eigenvalue weighted by atomic mass is 16.2. The van der Waals surface area contributed by atoms with Crippen molar-refractivity contribution in [2.45, 2.75) is 51.0 Å². The molecule has 0 aromatic rings. The molecule has 1 saturated carbocycles. The highest BCUT2D eigenvalue weighted by Gasteiger charge is 2.56. The summed E-state index contributed by atoms with van der Waals surface area (Å²) in [6.45, 7) is 2.55. The fraction of sp³-hybridized carbons (Fsp3) is 0.750. The number of hydrogen-bond acceptors (Lipinski definition) is 3. The van der Waals surface area contributed by atoms with Crippen LogP contribution in [-0.2, 0) is 9.59 Å². The Morgan fingerprint density at radius 1 is 1.20 bits per heavy atom. The van der Waals surface area contributed by atoms with Gasteiger partial charge in [0.1, 0.15) is 0 Å². The van der Waals surface area contributed by atoms with Gasteiger partial charge in [0, 0.05) is 6.54 Å². The van der Waals surface area contributed by atoms with Gasteiger partial charge in [-0.25, -0.2) is 0 Å². The van der Waals surface area contributed by atoms with E-state index < -0.39 is 5.54 Å². The molecule has 4 heteroatoms. The van der Waals surface area contributed by atoms with Crippen molar-refractivity contribution in [2.24, 2.45) is 23.5 Å². The fourth-order valence-corrected chi connectivity index (χ4v) is 4.36. The number of carbonyl (C=O) groups is 2. The lowest BCUT2D eigenvalue weighted by molar-refractivity contribution is -0.151. The van der Waals surface area contributed by atoms with Crippen LogP contribution in [0.25, 0.3) is 0 Å². The molecule has 2 unspecified atom stereocenters. The van der Waals surface area contributed by atoms with Crippen LogP contribution in [0, 0.1) is 17.8 Å². The Bertz CT molecular complexity index is 433. The predicted octanol–water partition coefficient (Wildman–Crippen LogP) is 1.85. The van der Waals surface area contributed by atoms with Gasteiger partial charge in [0.05, 0.1) is 17.4 Å². The summed E-state index contributed by atoms with van der Waals surface area (Å²) in [7, 11) is 0. The van der Waals surface area contributed by atoms with Gasteiger partial charge in [-0.2, -0.15) is 0 Å². The van der Waals surface area contributed by atoms with Crippen LogP contribution in [0.15, 0.2) is 12.2 Å². The summed E-state index contributed by atoms with van der Waals surface area (Å²) in [5.41, 5.74) is 5.63. The number of amides is 2. The first kappa shape index (κ1) is 13.8. The first-order valence-electron chi connectivity index (χ1n) is 7.85. The van der Waals surface area contributed by atoms with E-state index in [0.717, 1.165) is 19.3 Å². The van der Waals surface area contributed by atoms with E-state index in [-0.39, 0.29) is 23.7 Å². The van der Waals surface area contributed by atoms with Crippen molar-refractivity contribution in [3.8, 4) is 0 Å². The molecule has 3 aliphatic rings. The number of imide groups is 1. The Morgan fingerprint density at radius 3 is 2.30 bits per heavy atom. The topological polar surface area (TPSA) is 63.4 Å². The molecule has 0 spiro atoms. The Hall–Kier alpha value is -1.16. The number of nitrogens with two attached hydrogens (primary N) is 1. The van der Waals surface area contributed by atoms with Crippen LogP contribution >= 0.6 is 0 Å². The zero-order valence-electron chi connectivity index (χ0n) is 12.2. The minimum atomic E-state index is -0.427. The number of likely N-dealkylation sites (tertiary alicyclic amines) is 1. The second-order valence-electron chi connectivity index (χ2n) is 6.62. The first-order chi connectivity index (χ1) is 9.62. The lowest BCUT2D eigenvalue weighted by Gasteiger charge is -2.47. The maximum Gasteiger partial charge on any atom is 0.233 e. The van der Waals surface area contributed by atoms with Gasteiger partial charge in [-0.3, -0.25) is 14.5 Å². The van der Waals surface area contributed by atoms with Gasteiger partial charge in [0.15, 0.2) is 0 Å². The fourth-order valence-electron chi connectivity index (χ4n) is 4.36. The number of nitrogens with zero attached hydrogens (tertiary/aromatic N) is 1. The average Bonchev–Trinajstić information content (AvgIpc) is 2.73. The highest BCUT2D eigenvalue weighted by Crippen LogP contribution is 2.45. The van der Waals surface area contributed by atoms with Crippen LogP contribution < -0.4 is 5.73 Å². The maximum atomic E-state index is 12.8. The number of fused-ring (bicyclic) bond motifs is 1. The van der Waals surface area contributed by atoms with Gasteiger partial charge < -0.3 is 5.73 Å². The molecule has 0 aromatic carbocycles. The van der Waals surface area contributed by atoms with E-state index in [1.165, 1.54) is 6.42 Å².